The average Bonchev–Trinajstić information content (AvgIpc) is 2.58. The summed E-state index contributed by atoms with van der Waals surface area (Å²) in [5.41, 5.74) is 0. The zero-order valence-corrected chi connectivity index (χ0v) is 11.0. The van der Waals surface area contributed by atoms with E-state index in [0.29, 0.717) is 0 Å². The van der Waals surface area contributed by atoms with Crippen molar-refractivity contribution >= 4 is 0 Å². The Bertz CT molecular complexity index is 326. The van der Waals surface area contributed by atoms with E-state index in [0.717, 1.165) is 25.6 Å². The van der Waals surface area contributed by atoms with E-state index in [4.69, 9.17) is 0 Å². The normalized spacial score (nSPS) is 21.7. The van der Waals surface area contributed by atoms with Crippen molar-refractivity contribution in [1.82, 2.24) is 19.8 Å². The number of hydrogen-bond acceptors (Lipinski definition) is 3. The van der Waals surface area contributed by atoms with Gasteiger partial charge < -0.3 is 14.8 Å². The van der Waals surface area contributed by atoms with Gasteiger partial charge in [0.05, 0.1) is 0 Å². The summed E-state index contributed by atoms with van der Waals surface area (Å²) in [6, 6.07) is 0.741. The van der Waals surface area contributed by atoms with Crippen molar-refractivity contribution in [3.63, 3.8) is 0 Å². The first kappa shape index (κ1) is 12.6. The maximum Gasteiger partial charge on any atom is 0.109 e. The lowest BCUT2D eigenvalue weighted by Gasteiger charge is -2.26. The summed E-state index contributed by atoms with van der Waals surface area (Å²) in [7, 11) is 4.32. The summed E-state index contributed by atoms with van der Waals surface area (Å²) in [6.07, 6.45) is 8.85. The van der Waals surface area contributed by atoms with Crippen LogP contribution >= 0.6 is 0 Å². The third-order valence-corrected chi connectivity index (χ3v) is 3.78. The molecule has 1 aromatic heterocycles. The van der Waals surface area contributed by atoms with E-state index in [1.54, 1.807) is 0 Å². The van der Waals surface area contributed by atoms with Crippen LogP contribution in [-0.2, 0) is 13.5 Å². The fraction of sp³-hybridized carbons (Fsp3) is 0.769. The number of nitrogens with one attached hydrogen (secondary N) is 1. The predicted molar refractivity (Wildman–Crippen MR) is 70.1 cm³/mol. The number of nitrogens with zero attached hydrogens (tertiary/aromatic N) is 3. The Hall–Kier alpha value is -0.870. The highest BCUT2D eigenvalue weighted by atomic mass is 15.1. The van der Waals surface area contributed by atoms with Crippen LogP contribution in [0, 0.1) is 0 Å². The zero-order chi connectivity index (χ0) is 12.1. The molecule has 1 atom stereocenters. The Morgan fingerprint density at radius 3 is 3.12 bits per heavy atom. The zero-order valence-electron chi connectivity index (χ0n) is 11.0. The summed E-state index contributed by atoms with van der Waals surface area (Å²) >= 11 is 0. The molecule has 96 valence electrons. The lowest BCUT2D eigenvalue weighted by atomic mass is 10.1. The van der Waals surface area contributed by atoms with E-state index >= 15 is 0 Å². The molecule has 0 radical (unpaired) electrons. The molecule has 17 heavy (non-hydrogen) atoms. The van der Waals surface area contributed by atoms with E-state index < -0.39 is 0 Å². The summed E-state index contributed by atoms with van der Waals surface area (Å²) in [5.74, 6) is 1.18. The monoisotopic (exact) mass is 236 g/mol. The standard InChI is InChI=1S/C13H24N4/c1-16(12-4-3-7-14-8-5-12)10-6-13-15-9-11-17(13)2/h9,11-12,14H,3-8,10H2,1-2H3. The Morgan fingerprint density at radius 1 is 1.47 bits per heavy atom. The second-order valence-electron chi connectivity index (χ2n) is 5.02. The fourth-order valence-corrected chi connectivity index (χ4v) is 2.54. The molecule has 1 unspecified atom stereocenters. The molecule has 1 aromatic rings. The lowest BCUT2D eigenvalue weighted by molar-refractivity contribution is 0.225. The Balaban J connectivity index is 1.80. The van der Waals surface area contributed by atoms with Gasteiger partial charge in [-0.2, -0.15) is 0 Å². The van der Waals surface area contributed by atoms with Crippen LogP contribution in [-0.4, -0.2) is 47.2 Å². The minimum atomic E-state index is 0.741. The first-order valence-corrected chi connectivity index (χ1v) is 6.64. The summed E-state index contributed by atoms with van der Waals surface area (Å²) < 4.78 is 2.11. The highest BCUT2D eigenvalue weighted by Gasteiger charge is 2.16. The Morgan fingerprint density at radius 2 is 2.35 bits per heavy atom. The number of aromatic nitrogens is 2. The molecule has 1 aliphatic rings. The number of rotatable bonds is 4. The van der Waals surface area contributed by atoms with E-state index in [1.165, 1.54) is 31.6 Å². The van der Waals surface area contributed by atoms with Crippen molar-refractivity contribution in [2.75, 3.05) is 26.7 Å². The molecular formula is C13H24N4. The third-order valence-electron chi connectivity index (χ3n) is 3.78. The van der Waals surface area contributed by atoms with Gasteiger partial charge >= 0.3 is 0 Å². The van der Waals surface area contributed by atoms with Gasteiger partial charge in [0.15, 0.2) is 0 Å². The molecule has 2 heterocycles. The second kappa shape index (κ2) is 6.17. The highest BCUT2D eigenvalue weighted by molar-refractivity contribution is 4.92. The van der Waals surface area contributed by atoms with Crippen LogP contribution < -0.4 is 5.32 Å². The largest absolute Gasteiger partial charge is 0.338 e. The van der Waals surface area contributed by atoms with Crippen LogP contribution in [0.2, 0.25) is 0 Å². The van der Waals surface area contributed by atoms with Gasteiger partial charge in [-0.1, -0.05) is 0 Å². The van der Waals surface area contributed by atoms with Crippen molar-refractivity contribution in [2.45, 2.75) is 31.7 Å². The highest BCUT2D eigenvalue weighted by Crippen LogP contribution is 2.12. The van der Waals surface area contributed by atoms with Gasteiger partial charge in [0, 0.05) is 38.4 Å². The molecule has 0 spiro atoms. The molecule has 0 aromatic carbocycles. The lowest BCUT2D eigenvalue weighted by Crippen LogP contribution is -2.34. The van der Waals surface area contributed by atoms with E-state index in [-0.39, 0.29) is 0 Å². The Kier molecular flexibility index (Phi) is 4.57. The Labute approximate surface area is 104 Å². The molecule has 0 saturated carbocycles. The summed E-state index contributed by atoms with van der Waals surface area (Å²) in [5, 5.41) is 3.47. The smallest absolute Gasteiger partial charge is 0.109 e. The van der Waals surface area contributed by atoms with Crippen LogP contribution in [0.4, 0.5) is 0 Å². The van der Waals surface area contributed by atoms with E-state index in [9.17, 15) is 0 Å². The molecule has 0 amide bonds. The maximum atomic E-state index is 4.38. The fourth-order valence-electron chi connectivity index (χ4n) is 2.54. The number of likely N-dealkylation sites (N-methyl/N-ethyl adjacent to an activating group) is 1. The second-order valence-corrected chi connectivity index (χ2v) is 5.02. The average molecular weight is 236 g/mol. The minimum Gasteiger partial charge on any atom is -0.338 e. The van der Waals surface area contributed by atoms with Crippen molar-refractivity contribution in [3.8, 4) is 0 Å². The molecule has 1 saturated heterocycles. The molecule has 4 heteroatoms. The SMILES string of the molecule is CN(CCc1nccn1C)C1CCCNCC1. The molecule has 4 nitrogen and oxygen atoms in total. The predicted octanol–water partition coefficient (Wildman–Crippen LogP) is 1.04. The molecule has 2 rings (SSSR count). The molecule has 1 aliphatic heterocycles. The van der Waals surface area contributed by atoms with Crippen LogP contribution in [0.3, 0.4) is 0 Å². The first-order valence-electron chi connectivity index (χ1n) is 6.64. The number of hydrogen-bond donors (Lipinski definition) is 1. The quantitative estimate of drug-likeness (QED) is 0.848. The van der Waals surface area contributed by atoms with Gasteiger partial charge in [-0.15, -0.1) is 0 Å². The van der Waals surface area contributed by atoms with Crippen LogP contribution in [0.15, 0.2) is 12.4 Å². The van der Waals surface area contributed by atoms with Crippen molar-refractivity contribution in [1.29, 1.82) is 0 Å². The van der Waals surface area contributed by atoms with Crippen molar-refractivity contribution < 1.29 is 0 Å². The molecular weight excluding hydrogens is 212 g/mol. The van der Waals surface area contributed by atoms with Crippen LogP contribution in [0.25, 0.3) is 0 Å². The van der Waals surface area contributed by atoms with Gasteiger partial charge in [-0.05, 0) is 39.4 Å². The summed E-state index contributed by atoms with van der Waals surface area (Å²) in [4.78, 5) is 6.88. The molecule has 0 aliphatic carbocycles. The van der Waals surface area contributed by atoms with Crippen molar-refractivity contribution in [3.05, 3.63) is 18.2 Å². The minimum absolute atomic E-state index is 0.741. The first-order chi connectivity index (χ1) is 8.27. The number of imidazole rings is 1. The van der Waals surface area contributed by atoms with E-state index in [1.807, 2.05) is 12.4 Å². The summed E-state index contributed by atoms with van der Waals surface area (Å²) in [6.45, 7) is 3.45. The van der Waals surface area contributed by atoms with Crippen LogP contribution in [0.1, 0.15) is 25.1 Å². The number of aryl methyl sites for hydroxylation is 1. The van der Waals surface area contributed by atoms with Gasteiger partial charge in [0.1, 0.15) is 5.82 Å². The van der Waals surface area contributed by atoms with Gasteiger partial charge in [-0.3, -0.25) is 0 Å². The van der Waals surface area contributed by atoms with Gasteiger partial charge in [0.2, 0.25) is 0 Å². The van der Waals surface area contributed by atoms with E-state index in [2.05, 4.69) is 33.9 Å². The molecule has 1 fully saturated rings. The maximum absolute atomic E-state index is 4.38. The van der Waals surface area contributed by atoms with Gasteiger partial charge in [-0.25, -0.2) is 4.98 Å². The van der Waals surface area contributed by atoms with Crippen LogP contribution in [0.5, 0.6) is 0 Å². The topological polar surface area (TPSA) is 33.1 Å². The molecule has 0 bridgehead atoms. The van der Waals surface area contributed by atoms with Crippen molar-refractivity contribution in [2.24, 2.45) is 7.05 Å². The van der Waals surface area contributed by atoms with Gasteiger partial charge in [0.25, 0.3) is 0 Å². The molecule has 1 N–H and O–H groups in total. The third kappa shape index (κ3) is 3.54.